The molecule has 1 saturated heterocycles. The number of carboxylic acids is 2. The number of hydrogen-bond donors (Lipinski definition) is 2. The van der Waals surface area contributed by atoms with Crippen LogP contribution >= 0.6 is 0 Å². The molecular weight excluding hydrogens is 377 g/mol. The molecule has 0 saturated carbocycles. The van der Waals surface area contributed by atoms with Gasteiger partial charge in [-0.25, -0.2) is 14.0 Å². The van der Waals surface area contributed by atoms with Crippen molar-refractivity contribution in [2.24, 2.45) is 0 Å². The summed E-state index contributed by atoms with van der Waals surface area (Å²) in [5.74, 6) is -1.84. The van der Waals surface area contributed by atoms with Crippen LogP contribution in [0.2, 0.25) is 0 Å². The molecule has 0 aromatic heterocycles. The van der Waals surface area contributed by atoms with E-state index >= 15 is 0 Å². The van der Waals surface area contributed by atoms with Gasteiger partial charge in [0.15, 0.2) is 0 Å². The third-order valence-electron chi connectivity index (χ3n) is 4.43. The first-order valence-corrected chi connectivity index (χ1v) is 9.15. The molecule has 0 spiro atoms. The third-order valence-corrected chi connectivity index (χ3v) is 4.43. The van der Waals surface area contributed by atoms with Gasteiger partial charge >= 0.3 is 11.9 Å². The van der Waals surface area contributed by atoms with E-state index in [2.05, 4.69) is 36.2 Å². The van der Waals surface area contributed by atoms with Gasteiger partial charge in [-0.15, -0.1) is 0 Å². The lowest BCUT2D eigenvalue weighted by Crippen LogP contribution is -2.42. The molecule has 1 aliphatic heterocycles. The van der Waals surface area contributed by atoms with E-state index in [1.807, 2.05) is 12.1 Å². The fourth-order valence-electron chi connectivity index (χ4n) is 3.11. The quantitative estimate of drug-likeness (QED) is 0.747. The molecular formula is C22H24FNO5. The van der Waals surface area contributed by atoms with Gasteiger partial charge in [0.2, 0.25) is 0 Å². The third kappa shape index (κ3) is 7.75. The predicted molar refractivity (Wildman–Crippen MR) is 107 cm³/mol. The number of nitrogens with zero attached hydrogens (tertiary/aromatic N) is 1. The normalized spacial score (nSPS) is 19.2. The summed E-state index contributed by atoms with van der Waals surface area (Å²) in [5.41, 5.74) is 1.28. The van der Waals surface area contributed by atoms with Crippen LogP contribution < -0.4 is 4.74 Å². The minimum Gasteiger partial charge on any atom is -0.490 e. The number of aliphatic carboxylic acids is 2. The Bertz CT molecular complexity index is 824. The Balaban J connectivity index is 0.000000321. The standard InChI is InChI=1S/C18H20FNO.C4H4O4/c1-20-11-10-18(21-16-9-5-8-15(19)12-16)17(13-20)14-6-3-2-4-7-14;5-3(6)1-2-4(7)8/h2-9,12,17-18H,10-11,13H2,1H3;1-2H,(H,5,6)(H,7,8)/b;2-1+/t17-,18+;/m1./s1. The van der Waals surface area contributed by atoms with Crippen LogP contribution in [-0.2, 0) is 9.59 Å². The van der Waals surface area contributed by atoms with Gasteiger partial charge in [0.05, 0.1) is 0 Å². The second-order valence-electron chi connectivity index (χ2n) is 6.69. The predicted octanol–water partition coefficient (Wildman–Crippen LogP) is 3.40. The van der Waals surface area contributed by atoms with Crippen LogP contribution in [0.3, 0.4) is 0 Å². The summed E-state index contributed by atoms with van der Waals surface area (Å²) < 4.78 is 19.4. The number of benzene rings is 2. The Labute approximate surface area is 168 Å². The zero-order chi connectivity index (χ0) is 21.2. The first-order chi connectivity index (χ1) is 13.8. The fourth-order valence-corrected chi connectivity index (χ4v) is 3.11. The molecule has 1 aliphatic rings. The van der Waals surface area contributed by atoms with Gasteiger partial charge in [-0.2, -0.15) is 0 Å². The van der Waals surface area contributed by atoms with E-state index in [-0.39, 0.29) is 11.9 Å². The molecule has 1 heterocycles. The molecule has 0 aliphatic carbocycles. The molecule has 2 aromatic carbocycles. The van der Waals surface area contributed by atoms with E-state index in [9.17, 15) is 14.0 Å². The zero-order valence-electron chi connectivity index (χ0n) is 16.1. The SMILES string of the molecule is CN1CC[C@H](Oc2cccc(F)c2)[C@@H](c2ccccc2)C1.O=C(O)/C=C/C(=O)O. The molecule has 1 fully saturated rings. The number of piperidine rings is 1. The van der Waals surface area contributed by atoms with E-state index in [0.29, 0.717) is 23.8 Å². The molecule has 2 atom stereocenters. The van der Waals surface area contributed by atoms with Gasteiger partial charge in [0.1, 0.15) is 17.7 Å². The van der Waals surface area contributed by atoms with Gasteiger partial charge in [0.25, 0.3) is 0 Å². The molecule has 154 valence electrons. The average Bonchev–Trinajstić information content (AvgIpc) is 2.69. The van der Waals surface area contributed by atoms with Crippen molar-refractivity contribution in [2.75, 3.05) is 20.1 Å². The lowest BCUT2D eigenvalue weighted by atomic mass is 9.88. The summed E-state index contributed by atoms with van der Waals surface area (Å²) in [6.07, 6.45) is 2.16. The maximum Gasteiger partial charge on any atom is 0.328 e. The van der Waals surface area contributed by atoms with Crippen LogP contribution in [0.4, 0.5) is 4.39 Å². The highest BCUT2D eigenvalue weighted by Crippen LogP contribution is 2.30. The topological polar surface area (TPSA) is 87.1 Å². The average molecular weight is 401 g/mol. The van der Waals surface area contributed by atoms with Crippen LogP contribution in [0, 0.1) is 5.82 Å². The number of likely N-dealkylation sites (N-methyl/N-ethyl adjacent to an activating group) is 1. The monoisotopic (exact) mass is 401 g/mol. The molecule has 2 N–H and O–H groups in total. The highest BCUT2D eigenvalue weighted by atomic mass is 19.1. The summed E-state index contributed by atoms with van der Waals surface area (Å²) >= 11 is 0. The number of likely N-dealkylation sites (tertiary alicyclic amines) is 1. The largest absolute Gasteiger partial charge is 0.490 e. The molecule has 0 radical (unpaired) electrons. The molecule has 29 heavy (non-hydrogen) atoms. The summed E-state index contributed by atoms with van der Waals surface area (Å²) in [6, 6.07) is 16.8. The molecule has 6 nitrogen and oxygen atoms in total. The van der Waals surface area contributed by atoms with Gasteiger partial charge in [0, 0.05) is 37.2 Å². The minimum atomic E-state index is -1.26. The van der Waals surface area contributed by atoms with Crippen molar-refractivity contribution in [3.8, 4) is 5.75 Å². The van der Waals surface area contributed by atoms with Crippen LogP contribution in [0.5, 0.6) is 5.75 Å². The number of rotatable bonds is 5. The molecule has 0 unspecified atom stereocenters. The van der Waals surface area contributed by atoms with E-state index in [1.165, 1.54) is 17.7 Å². The smallest absolute Gasteiger partial charge is 0.328 e. The maximum atomic E-state index is 13.3. The Morgan fingerprint density at radius 2 is 1.72 bits per heavy atom. The first kappa shape index (κ1) is 22.1. The molecule has 0 bridgehead atoms. The minimum absolute atomic E-state index is 0.0883. The molecule has 2 aromatic rings. The number of carbonyl (C=O) groups is 2. The van der Waals surface area contributed by atoms with E-state index < -0.39 is 11.9 Å². The Morgan fingerprint density at radius 1 is 1.07 bits per heavy atom. The van der Waals surface area contributed by atoms with Crippen molar-refractivity contribution >= 4 is 11.9 Å². The van der Waals surface area contributed by atoms with Crippen LogP contribution in [0.25, 0.3) is 0 Å². The van der Waals surface area contributed by atoms with E-state index in [0.717, 1.165) is 19.5 Å². The first-order valence-electron chi connectivity index (χ1n) is 9.15. The van der Waals surface area contributed by atoms with Crippen molar-refractivity contribution in [3.05, 3.63) is 78.1 Å². The number of halogens is 1. The Morgan fingerprint density at radius 3 is 2.31 bits per heavy atom. The van der Waals surface area contributed by atoms with Crippen molar-refractivity contribution < 1.29 is 28.9 Å². The molecule has 0 amide bonds. The van der Waals surface area contributed by atoms with E-state index in [4.69, 9.17) is 14.9 Å². The van der Waals surface area contributed by atoms with Crippen LogP contribution in [0.15, 0.2) is 66.7 Å². The van der Waals surface area contributed by atoms with Crippen molar-refractivity contribution in [3.63, 3.8) is 0 Å². The summed E-state index contributed by atoms with van der Waals surface area (Å²) in [6.45, 7) is 1.97. The maximum absolute atomic E-state index is 13.3. The van der Waals surface area contributed by atoms with Gasteiger partial charge < -0.3 is 19.8 Å². The van der Waals surface area contributed by atoms with E-state index in [1.54, 1.807) is 6.07 Å². The Hall–Kier alpha value is -3.19. The van der Waals surface area contributed by atoms with Crippen LogP contribution in [-0.4, -0.2) is 53.3 Å². The lowest BCUT2D eigenvalue weighted by Gasteiger charge is -2.37. The second kappa shape index (κ2) is 11.0. The van der Waals surface area contributed by atoms with Crippen molar-refractivity contribution in [2.45, 2.75) is 18.4 Å². The van der Waals surface area contributed by atoms with Gasteiger partial charge in [-0.1, -0.05) is 36.4 Å². The molecule has 7 heteroatoms. The second-order valence-corrected chi connectivity index (χ2v) is 6.69. The number of ether oxygens (including phenoxy) is 1. The van der Waals surface area contributed by atoms with Gasteiger partial charge in [-0.05, 0) is 31.2 Å². The highest BCUT2D eigenvalue weighted by Gasteiger charge is 2.30. The molecule has 3 rings (SSSR count). The summed E-state index contributed by atoms with van der Waals surface area (Å²) in [7, 11) is 2.13. The fraction of sp³-hybridized carbons (Fsp3) is 0.273. The summed E-state index contributed by atoms with van der Waals surface area (Å²) in [4.78, 5) is 21.4. The van der Waals surface area contributed by atoms with Crippen LogP contribution in [0.1, 0.15) is 17.9 Å². The Kier molecular flexibility index (Phi) is 8.36. The zero-order valence-corrected chi connectivity index (χ0v) is 16.1. The highest BCUT2D eigenvalue weighted by molar-refractivity contribution is 5.89. The lowest BCUT2D eigenvalue weighted by molar-refractivity contribution is -0.134. The van der Waals surface area contributed by atoms with Crippen molar-refractivity contribution in [1.82, 2.24) is 4.90 Å². The number of carboxylic acid groups (broad SMARTS) is 2. The number of hydrogen-bond acceptors (Lipinski definition) is 4. The summed E-state index contributed by atoms with van der Waals surface area (Å²) in [5, 5.41) is 15.6. The van der Waals surface area contributed by atoms with Gasteiger partial charge in [-0.3, -0.25) is 0 Å². The van der Waals surface area contributed by atoms with Crippen molar-refractivity contribution in [1.29, 1.82) is 0 Å².